The molecule has 0 radical (unpaired) electrons. The second kappa shape index (κ2) is 6.52. The van der Waals surface area contributed by atoms with Gasteiger partial charge in [0.15, 0.2) is 0 Å². The largest absolute Gasteiger partial charge is 0.493 e. The Morgan fingerprint density at radius 2 is 2.18 bits per heavy atom. The lowest BCUT2D eigenvalue weighted by Gasteiger charge is -2.06. The first kappa shape index (κ1) is 13.0. The van der Waals surface area contributed by atoms with Gasteiger partial charge in [-0.3, -0.25) is 9.59 Å². The molecule has 0 fully saturated rings. The van der Waals surface area contributed by atoms with Gasteiger partial charge in [-0.2, -0.15) is 0 Å². The highest BCUT2D eigenvalue weighted by Crippen LogP contribution is 2.13. The summed E-state index contributed by atoms with van der Waals surface area (Å²) in [5, 5.41) is 11.1. The van der Waals surface area contributed by atoms with Gasteiger partial charge >= 0.3 is 5.97 Å². The van der Waals surface area contributed by atoms with Crippen LogP contribution < -0.4 is 10.1 Å². The van der Waals surface area contributed by atoms with E-state index in [0.29, 0.717) is 17.9 Å². The lowest BCUT2D eigenvalue weighted by Crippen LogP contribution is -2.22. The molecule has 0 aromatic heterocycles. The second-order valence-electron chi connectivity index (χ2n) is 3.38. The fourth-order valence-electron chi connectivity index (χ4n) is 1.25. The standard InChI is InChI=1S/C12H15NO4/c1-2-13-12(16)9-4-3-5-10(8-9)17-7-6-11(14)15/h3-5,8H,2,6-7H2,1H3,(H,13,16)(H,14,15). The minimum absolute atomic E-state index is 0.0641. The minimum Gasteiger partial charge on any atom is -0.493 e. The average Bonchev–Trinajstić information content (AvgIpc) is 2.29. The Kier molecular flexibility index (Phi) is 5.00. The van der Waals surface area contributed by atoms with Crippen LogP contribution in [0, 0.1) is 0 Å². The summed E-state index contributed by atoms with van der Waals surface area (Å²) < 4.78 is 5.22. The Bertz CT molecular complexity index is 403. The Hall–Kier alpha value is -2.04. The first-order valence-electron chi connectivity index (χ1n) is 5.36. The fraction of sp³-hybridized carbons (Fsp3) is 0.333. The molecule has 0 aliphatic heterocycles. The molecule has 1 amide bonds. The van der Waals surface area contributed by atoms with Crippen LogP contribution in [0.4, 0.5) is 0 Å². The van der Waals surface area contributed by atoms with Gasteiger partial charge in [-0.1, -0.05) is 6.07 Å². The molecule has 5 heteroatoms. The summed E-state index contributed by atoms with van der Waals surface area (Å²) in [4.78, 5) is 21.8. The second-order valence-corrected chi connectivity index (χ2v) is 3.38. The van der Waals surface area contributed by atoms with Gasteiger partial charge in [0, 0.05) is 12.1 Å². The molecule has 1 aromatic rings. The van der Waals surface area contributed by atoms with E-state index >= 15 is 0 Å². The third-order valence-electron chi connectivity index (χ3n) is 2.02. The van der Waals surface area contributed by atoms with Crippen molar-refractivity contribution < 1.29 is 19.4 Å². The van der Waals surface area contributed by atoms with Gasteiger partial charge in [-0.15, -0.1) is 0 Å². The normalized spacial score (nSPS) is 9.71. The maximum absolute atomic E-state index is 11.5. The molecule has 0 aliphatic carbocycles. The quantitative estimate of drug-likeness (QED) is 0.781. The molecule has 5 nitrogen and oxygen atoms in total. The van der Waals surface area contributed by atoms with Crippen LogP contribution >= 0.6 is 0 Å². The van der Waals surface area contributed by atoms with Crippen molar-refractivity contribution in [2.75, 3.05) is 13.2 Å². The first-order chi connectivity index (χ1) is 8.13. The van der Waals surface area contributed by atoms with Crippen LogP contribution in [-0.2, 0) is 4.79 Å². The summed E-state index contributed by atoms with van der Waals surface area (Å²) in [5.74, 6) is -0.587. The number of carboxylic acid groups (broad SMARTS) is 1. The third-order valence-corrected chi connectivity index (χ3v) is 2.02. The molecule has 0 spiro atoms. The van der Waals surface area contributed by atoms with Crippen molar-refractivity contribution in [2.45, 2.75) is 13.3 Å². The minimum atomic E-state index is -0.912. The Labute approximate surface area is 99.4 Å². The molecule has 0 bridgehead atoms. The number of rotatable bonds is 6. The molecular weight excluding hydrogens is 222 g/mol. The zero-order valence-corrected chi connectivity index (χ0v) is 9.60. The number of carboxylic acids is 1. The highest BCUT2D eigenvalue weighted by Gasteiger charge is 2.05. The van der Waals surface area contributed by atoms with Crippen LogP contribution in [0.5, 0.6) is 5.75 Å². The van der Waals surface area contributed by atoms with Crippen molar-refractivity contribution in [1.29, 1.82) is 0 Å². The summed E-state index contributed by atoms with van der Waals surface area (Å²) in [6.07, 6.45) is -0.0641. The maximum Gasteiger partial charge on any atom is 0.306 e. The van der Waals surface area contributed by atoms with E-state index in [1.807, 2.05) is 6.92 Å². The van der Waals surface area contributed by atoms with Gasteiger partial charge in [0.2, 0.25) is 0 Å². The zero-order valence-electron chi connectivity index (χ0n) is 9.60. The molecule has 17 heavy (non-hydrogen) atoms. The molecule has 1 rings (SSSR count). The topological polar surface area (TPSA) is 75.6 Å². The van der Waals surface area contributed by atoms with Crippen LogP contribution in [0.2, 0.25) is 0 Å². The van der Waals surface area contributed by atoms with Gasteiger partial charge in [0.05, 0.1) is 13.0 Å². The van der Waals surface area contributed by atoms with Crippen molar-refractivity contribution >= 4 is 11.9 Å². The smallest absolute Gasteiger partial charge is 0.306 e. The predicted molar refractivity (Wildman–Crippen MR) is 62.2 cm³/mol. The number of amides is 1. The van der Waals surface area contributed by atoms with Crippen molar-refractivity contribution in [1.82, 2.24) is 5.32 Å². The molecule has 1 aromatic carbocycles. The number of hydrogen-bond donors (Lipinski definition) is 2. The summed E-state index contributed by atoms with van der Waals surface area (Å²) in [6, 6.07) is 6.65. The molecular formula is C12H15NO4. The summed E-state index contributed by atoms with van der Waals surface area (Å²) in [6.45, 7) is 2.49. The molecule has 92 valence electrons. The van der Waals surface area contributed by atoms with E-state index in [-0.39, 0.29) is 18.9 Å². The number of ether oxygens (including phenoxy) is 1. The van der Waals surface area contributed by atoms with E-state index in [0.717, 1.165) is 0 Å². The molecule has 2 N–H and O–H groups in total. The van der Waals surface area contributed by atoms with Gasteiger partial charge in [-0.05, 0) is 25.1 Å². The number of hydrogen-bond acceptors (Lipinski definition) is 3. The molecule has 0 unspecified atom stereocenters. The van der Waals surface area contributed by atoms with Crippen LogP contribution in [0.1, 0.15) is 23.7 Å². The molecule has 0 heterocycles. The van der Waals surface area contributed by atoms with E-state index in [1.54, 1.807) is 24.3 Å². The van der Waals surface area contributed by atoms with E-state index in [4.69, 9.17) is 9.84 Å². The van der Waals surface area contributed by atoms with Crippen molar-refractivity contribution in [3.05, 3.63) is 29.8 Å². The lowest BCUT2D eigenvalue weighted by atomic mass is 10.2. The maximum atomic E-state index is 11.5. The van der Waals surface area contributed by atoms with Crippen LogP contribution in [0.15, 0.2) is 24.3 Å². The van der Waals surface area contributed by atoms with Gasteiger partial charge in [0.1, 0.15) is 5.75 Å². The first-order valence-corrected chi connectivity index (χ1v) is 5.36. The Morgan fingerprint density at radius 1 is 1.41 bits per heavy atom. The van der Waals surface area contributed by atoms with Crippen molar-refractivity contribution in [2.24, 2.45) is 0 Å². The molecule has 0 aliphatic rings. The summed E-state index contributed by atoms with van der Waals surface area (Å²) >= 11 is 0. The van der Waals surface area contributed by atoms with Gasteiger partial charge in [0.25, 0.3) is 5.91 Å². The number of benzene rings is 1. The number of carbonyl (C=O) groups excluding carboxylic acids is 1. The van der Waals surface area contributed by atoms with Crippen LogP contribution in [-0.4, -0.2) is 30.1 Å². The summed E-state index contributed by atoms with van der Waals surface area (Å²) in [5.41, 5.74) is 0.500. The number of carbonyl (C=O) groups is 2. The molecule has 0 atom stereocenters. The number of nitrogens with one attached hydrogen (secondary N) is 1. The lowest BCUT2D eigenvalue weighted by molar-refractivity contribution is -0.137. The average molecular weight is 237 g/mol. The van der Waals surface area contributed by atoms with E-state index in [2.05, 4.69) is 5.32 Å². The molecule has 0 saturated carbocycles. The summed E-state index contributed by atoms with van der Waals surface area (Å²) in [7, 11) is 0. The zero-order chi connectivity index (χ0) is 12.7. The highest BCUT2D eigenvalue weighted by atomic mass is 16.5. The van der Waals surface area contributed by atoms with E-state index < -0.39 is 5.97 Å². The van der Waals surface area contributed by atoms with Crippen molar-refractivity contribution in [3.63, 3.8) is 0 Å². The van der Waals surface area contributed by atoms with E-state index in [1.165, 1.54) is 0 Å². The fourth-order valence-corrected chi connectivity index (χ4v) is 1.25. The predicted octanol–water partition coefficient (Wildman–Crippen LogP) is 1.29. The monoisotopic (exact) mass is 237 g/mol. The number of aliphatic carboxylic acids is 1. The molecule has 0 saturated heterocycles. The van der Waals surface area contributed by atoms with Gasteiger partial charge < -0.3 is 15.2 Å². The van der Waals surface area contributed by atoms with Crippen LogP contribution in [0.3, 0.4) is 0 Å². The van der Waals surface area contributed by atoms with E-state index in [9.17, 15) is 9.59 Å². The third kappa shape index (κ3) is 4.55. The Balaban J connectivity index is 2.59. The van der Waals surface area contributed by atoms with Gasteiger partial charge in [-0.25, -0.2) is 0 Å². The highest BCUT2D eigenvalue weighted by molar-refractivity contribution is 5.94. The van der Waals surface area contributed by atoms with Crippen LogP contribution in [0.25, 0.3) is 0 Å². The Morgan fingerprint density at radius 3 is 2.82 bits per heavy atom. The SMILES string of the molecule is CCNC(=O)c1cccc(OCCC(=O)O)c1. The van der Waals surface area contributed by atoms with Crippen molar-refractivity contribution in [3.8, 4) is 5.75 Å².